The third-order valence-electron chi connectivity index (χ3n) is 4.69. The lowest BCUT2D eigenvalue weighted by Gasteiger charge is -2.28. The summed E-state index contributed by atoms with van der Waals surface area (Å²) in [5.41, 5.74) is 3.01. The van der Waals surface area contributed by atoms with Gasteiger partial charge in [0.2, 0.25) is 5.88 Å². The Balaban J connectivity index is 2.00. The van der Waals surface area contributed by atoms with Crippen LogP contribution in [0.3, 0.4) is 0 Å². The van der Waals surface area contributed by atoms with E-state index in [-0.39, 0.29) is 5.91 Å². The molecule has 0 aliphatic carbocycles. The Bertz CT molecular complexity index is 946. The van der Waals surface area contributed by atoms with E-state index < -0.39 is 0 Å². The van der Waals surface area contributed by atoms with Gasteiger partial charge in [0.05, 0.1) is 12.8 Å². The average Bonchev–Trinajstić information content (AvgIpc) is 2.78. The number of para-hydroxylation sites is 1. The molecule has 0 saturated carbocycles. The molecule has 1 aromatic heterocycles. The van der Waals surface area contributed by atoms with Gasteiger partial charge >= 0.3 is 0 Å². The molecule has 0 spiro atoms. The maximum absolute atomic E-state index is 12.8. The van der Waals surface area contributed by atoms with Crippen LogP contribution in [0.15, 0.2) is 72.9 Å². The van der Waals surface area contributed by atoms with Crippen molar-refractivity contribution in [3.63, 3.8) is 0 Å². The molecule has 1 heterocycles. The van der Waals surface area contributed by atoms with E-state index in [1.165, 1.54) is 0 Å². The van der Waals surface area contributed by atoms with Crippen LogP contribution < -0.4 is 15.0 Å². The van der Waals surface area contributed by atoms with Gasteiger partial charge in [0.15, 0.2) is 0 Å². The highest BCUT2D eigenvalue weighted by atomic mass is 16.5. The number of methoxy groups -OCH3 is 1. The van der Waals surface area contributed by atoms with Gasteiger partial charge in [-0.3, -0.25) is 4.79 Å². The number of rotatable bonds is 9. The minimum atomic E-state index is -0.175. The second-order valence-corrected chi connectivity index (χ2v) is 7.18. The number of aromatic nitrogens is 1. The van der Waals surface area contributed by atoms with Gasteiger partial charge in [-0.25, -0.2) is 4.98 Å². The molecule has 0 aliphatic heterocycles. The highest BCUT2D eigenvalue weighted by Crippen LogP contribution is 2.39. The van der Waals surface area contributed by atoms with Crippen molar-refractivity contribution in [3.8, 4) is 5.88 Å². The normalized spacial score (nSPS) is 10.7. The summed E-state index contributed by atoms with van der Waals surface area (Å²) in [6, 6.07) is 21.1. The Hall–Kier alpha value is -3.38. The van der Waals surface area contributed by atoms with Crippen molar-refractivity contribution in [1.29, 1.82) is 0 Å². The number of hydrogen-bond acceptors (Lipinski definition) is 5. The fraction of sp³-hybridized carbons (Fsp3) is 0.250. The van der Waals surface area contributed by atoms with Gasteiger partial charge in [0.1, 0.15) is 5.69 Å². The van der Waals surface area contributed by atoms with Crippen molar-refractivity contribution in [2.24, 2.45) is 0 Å². The fourth-order valence-corrected chi connectivity index (χ4v) is 3.25. The lowest BCUT2D eigenvalue weighted by atomic mass is 10.2. The van der Waals surface area contributed by atoms with Crippen molar-refractivity contribution in [2.45, 2.75) is 6.42 Å². The molecule has 0 fully saturated rings. The van der Waals surface area contributed by atoms with Crippen molar-refractivity contribution >= 4 is 23.0 Å². The topological polar surface area (TPSA) is 57.7 Å². The zero-order valence-electron chi connectivity index (χ0n) is 17.7. The molecule has 0 aliphatic rings. The minimum absolute atomic E-state index is 0.175. The molecule has 0 atom stereocenters. The number of carbonyl (C=O) groups excluding carboxylic acids is 1. The summed E-state index contributed by atoms with van der Waals surface area (Å²) in [6.07, 6.45) is 2.58. The second-order valence-electron chi connectivity index (χ2n) is 7.18. The molecule has 6 nitrogen and oxygen atoms in total. The van der Waals surface area contributed by atoms with Gasteiger partial charge in [-0.1, -0.05) is 36.4 Å². The first-order chi connectivity index (χ1) is 14.6. The maximum atomic E-state index is 12.8. The molecule has 1 N–H and O–H groups in total. The zero-order valence-corrected chi connectivity index (χ0v) is 17.7. The molecule has 2 aromatic carbocycles. The predicted molar refractivity (Wildman–Crippen MR) is 122 cm³/mol. The Kier molecular flexibility index (Phi) is 7.40. The van der Waals surface area contributed by atoms with E-state index in [0.717, 1.165) is 30.9 Å². The molecule has 0 unspecified atom stereocenters. The zero-order chi connectivity index (χ0) is 21.3. The van der Waals surface area contributed by atoms with Crippen molar-refractivity contribution < 1.29 is 9.53 Å². The van der Waals surface area contributed by atoms with Crippen LogP contribution in [0.2, 0.25) is 0 Å². The molecule has 3 rings (SSSR count). The third-order valence-corrected chi connectivity index (χ3v) is 4.69. The Morgan fingerprint density at radius 1 is 0.967 bits per heavy atom. The van der Waals surface area contributed by atoms with Crippen LogP contribution in [0.5, 0.6) is 5.88 Å². The summed E-state index contributed by atoms with van der Waals surface area (Å²) < 4.78 is 5.59. The van der Waals surface area contributed by atoms with Crippen molar-refractivity contribution in [3.05, 3.63) is 78.5 Å². The van der Waals surface area contributed by atoms with E-state index in [2.05, 4.69) is 34.2 Å². The first-order valence-corrected chi connectivity index (χ1v) is 9.97. The van der Waals surface area contributed by atoms with Gasteiger partial charge < -0.3 is 19.9 Å². The van der Waals surface area contributed by atoms with E-state index in [1.807, 2.05) is 48.5 Å². The minimum Gasteiger partial charge on any atom is -0.479 e. The summed E-state index contributed by atoms with van der Waals surface area (Å²) in [5, 5.41) is 3.04. The van der Waals surface area contributed by atoms with Crippen LogP contribution in [0.25, 0.3) is 0 Å². The van der Waals surface area contributed by atoms with Gasteiger partial charge in [-0.2, -0.15) is 0 Å². The lowest BCUT2D eigenvalue weighted by Crippen LogP contribution is -2.25. The number of pyridine rings is 1. The van der Waals surface area contributed by atoms with Crippen LogP contribution >= 0.6 is 0 Å². The van der Waals surface area contributed by atoms with Gasteiger partial charge in [0, 0.05) is 24.0 Å². The van der Waals surface area contributed by atoms with E-state index in [1.54, 1.807) is 31.5 Å². The molecule has 156 valence electrons. The number of hydrogen-bond donors (Lipinski definition) is 1. The molecule has 1 amide bonds. The number of nitrogens with zero attached hydrogens (tertiary/aromatic N) is 3. The van der Waals surface area contributed by atoms with Gasteiger partial charge in [0.25, 0.3) is 5.91 Å². The van der Waals surface area contributed by atoms with Crippen LogP contribution in [0, 0.1) is 0 Å². The smallest absolute Gasteiger partial charge is 0.255 e. The van der Waals surface area contributed by atoms with Crippen molar-refractivity contribution in [2.75, 3.05) is 44.5 Å². The quantitative estimate of drug-likeness (QED) is 0.572. The van der Waals surface area contributed by atoms with Crippen LogP contribution in [0.1, 0.15) is 16.8 Å². The number of benzene rings is 2. The van der Waals surface area contributed by atoms with E-state index in [4.69, 9.17) is 4.74 Å². The predicted octanol–water partition coefficient (Wildman–Crippen LogP) is 4.43. The lowest BCUT2D eigenvalue weighted by molar-refractivity contribution is 0.102. The molecular weight excluding hydrogens is 376 g/mol. The van der Waals surface area contributed by atoms with Gasteiger partial charge in [-0.15, -0.1) is 0 Å². The largest absolute Gasteiger partial charge is 0.479 e. The Morgan fingerprint density at radius 3 is 2.27 bits per heavy atom. The first kappa shape index (κ1) is 21.3. The number of carbonyl (C=O) groups is 1. The number of nitrogens with one attached hydrogen (secondary N) is 1. The number of anilines is 3. The molecule has 0 saturated heterocycles. The highest BCUT2D eigenvalue weighted by molar-refractivity contribution is 6.06. The third kappa shape index (κ3) is 5.36. The Labute approximate surface area is 178 Å². The summed E-state index contributed by atoms with van der Waals surface area (Å²) in [5.74, 6) is 0.293. The Morgan fingerprint density at radius 2 is 1.63 bits per heavy atom. The summed E-state index contributed by atoms with van der Waals surface area (Å²) in [4.78, 5) is 21.5. The van der Waals surface area contributed by atoms with Crippen LogP contribution in [-0.4, -0.2) is 50.1 Å². The monoisotopic (exact) mass is 404 g/mol. The van der Waals surface area contributed by atoms with Crippen molar-refractivity contribution in [1.82, 2.24) is 9.88 Å². The van der Waals surface area contributed by atoms with E-state index >= 15 is 0 Å². The first-order valence-electron chi connectivity index (χ1n) is 9.97. The van der Waals surface area contributed by atoms with E-state index in [9.17, 15) is 4.79 Å². The van der Waals surface area contributed by atoms with Crippen LogP contribution in [-0.2, 0) is 0 Å². The summed E-state index contributed by atoms with van der Waals surface area (Å²) >= 11 is 0. The SMILES string of the molecule is COc1nccc(NC(=O)c2ccccc2)c1N(CCCN(C)C)c1ccccc1. The molecule has 6 heteroatoms. The fourth-order valence-electron chi connectivity index (χ4n) is 3.25. The van der Waals surface area contributed by atoms with Gasteiger partial charge in [-0.05, 0) is 57.4 Å². The second kappa shape index (κ2) is 10.4. The summed E-state index contributed by atoms with van der Waals surface area (Å²) in [7, 11) is 5.71. The average molecular weight is 405 g/mol. The number of amides is 1. The number of ether oxygens (including phenoxy) is 1. The van der Waals surface area contributed by atoms with Crippen LogP contribution in [0.4, 0.5) is 17.1 Å². The molecule has 30 heavy (non-hydrogen) atoms. The molecule has 0 bridgehead atoms. The molecule has 3 aromatic rings. The molecule has 0 radical (unpaired) electrons. The highest BCUT2D eigenvalue weighted by Gasteiger charge is 2.21. The summed E-state index contributed by atoms with van der Waals surface area (Å²) in [6.45, 7) is 1.69. The maximum Gasteiger partial charge on any atom is 0.255 e. The molecular formula is C24H28N4O2. The van der Waals surface area contributed by atoms with E-state index in [0.29, 0.717) is 17.1 Å². The standard InChI is InChI=1S/C24H28N4O2/c1-27(2)17-10-18-28(20-13-8-5-9-14-20)22-21(15-16-25-24(22)30-3)26-23(29)19-11-6-4-7-12-19/h4-9,11-16H,10,17-18H2,1-3H3,(H,25,26,29).